The van der Waals surface area contributed by atoms with Crippen molar-refractivity contribution in [2.45, 2.75) is 39.2 Å². The zero-order chi connectivity index (χ0) is 16.0. The van der Waals surface area contributed by atoms with Crippen LogP contribution in [0.1, 0.15) is 39.2 Å². The van der Waals surface area contributed by atoms with Gasteiger partial charge in [-0.2, -0.15) is 5.26 Å². The molecule has 21 heavy (non-hydrogen) atoms. The Morgan fingerprint density at radius 2 is 2.00 bits per heavy atom. The maximum absolute atomic E-state index is 11.8. The second-order valence-electron chi connectivity index (χ2n) is 5.44. The van der Waals surface area contributed by atoms with Crippen molar-refractivity contribution in [3.8, 4) is 6.07 Å². The number of carbonyl (C=O) groups excluding carboxylic acids is 2. The van der Waals surface area contributed by atoms with Crippen LogP contribution in [0, 0.1) is 11.3 Å². The van der Waals surface area contributed by atoms with E-state index in [1.54, 1.807) is 39.0 Å². The van der Waals surface area contributed by atoms with E-state index >= 15 is 0 Å². The van der Waals surface area contributed by atoms with Crippen LogP contribution < -0.4 is 5.32 Å². The summed E-state index contributed by atoms with van der Waals surface area (Å²) in [5, 5.41) is 11.6. The lowest BCUT2D eigenvalue weighted by Gasteiger charge is -2.19. The summed E-state index contributed by atoms with van der Waals surface area (Å²) in [4.78, 5) is 23.3. The first-order chi connectivity index (χ1) is 9.71. The molecule has 0 saturated heterocycles. The van der Waals surface area contributed by atoms with Crippen molar-refractivity contribution in [2.24, 2.45) is 0 Å². The molecule has 0 fully saturated rings. The van der Waals surface area contributed by atoms with Crippen molar-refractivity contribution in [3.05, 3.63) is 28.2 Å². The highest BCUT2D eigenvalue weighted by atomic mass is 79.9. The van der Waals surface area contributed by atoms with Crippen LogP contribution in [0.15, 0.2) is 22.7 Å². The largest absolute Gasteiger partial charge is 0.460 e. The van der Waals surface area contributed by atoms with Crippen LogP contribution in [-0.4, -0.2) is 17.5 Å². The SMILES string of the molecule is CC(C)(C)OC(=O)CCC(=O)Nc1ccc(Br)cc1C#N. The van der Waals surface area contributed by atoms with E-state index in [4.69, 9.17) is 10.00 Å². The fraction of sp³-hybridized carbons (Fsp3) is 0.400. The molecule has 0 atom stereocenters. The first-order valence-electron chi connectivity index (χ1n) is 6.42. The van der Waals surface area contributed by atoms with Crippen LogP contribution in [0.2, 0.25) is 0 Å². The third kappa shape index (κ3) is 6.41. The fourth-order valence-corrected chi connectivity index (χ4v) is 1.90. The Balaban J connectivity index is 2.56. The number of carbonyl (C=O) groups is 2. The highest BCUT2D eigenvalue weighted by Crippen LogP contribution is 2.20. The number of benzene rings is 1. The lowest BCUT2D eigenvalue weighted by molar-refractivity contribution is -0.155. The van der Waals surface area contributed by atoms with E-state index in [0.29, 0.717) is 11.3 Å². The molecule has 1 aromatic rings. The molecule has 5 nitrogen and oxygen atoms in total. The molecule has 1 N–H and O–H groups in total. The number of rotatable bonds is 4. The summed E-state index contributed by atoms with van der Waals surface area (Å²) in [7, 11) is 0. The van der Waals surface area contributed by atoms with Gasteiger partial charge in [0.25, 0.3) is 0 Å². The molecule has 112 valence electrons. The van der Waals surface area contributed by atoms with E-state index in [-0.39, 0.29) is 18.7 Å². The quantitative estimate of drug-likeness (QED) is 0.842. The van der Waals surface area contributed by atoms with Gasteiger partial charge in [0.05, 0.1) is 17.7 Å². The summed E-state index contributed by atoms with van der Waals surface area (Å²) >= 11 is 3.26. The molecule has 0 bridgehead atoms. The van der Waals surface area contributed by atoms with Crippen molar-refractivity contribution in [2.75, 3.05) is 5.32 Å². The van der Waals surface area contributed by atoms with Crippen molar-refractivity contribution >= 4 is 33.5 Å². The molecule has 6 heteroatoms. The van der Waals surface area contributed by atoms with Gasteiger partial charge in [-0.1, -0.05) is 15.9 Å². The van der Waals surface area contributed by atoms with E-state index in [1.165, 1.54) is 0 Å². The number of anilines is 1. The third-order valence-corrected chi connectivity index (χ3v) is 2.85. The summed E-state index contributed by atoms with van der Waals surface area (Å²) in [5.74, 6) is -0.756. The van der Waals surface area contributed by atoms with Crippen LogP contribution in [0.5, 0.6) is 0 Å². The number of esters is 1. The van der Waals surface area contributed by atoms with Crippen molar-refractivity contribution < 1.29 is 14.3 Å². The first-order valence-corrected chi connectivity index (χ1v) is 7.22. The lowest BCUT2D eigenvalue weighted by atomic mass is 10.2. The maximum atomic E-state index is 11.8. The highest BCUT2D eigenvalue weighted by Gasteiger charge is 2.17. The van der Waals surface area contributed by atoms with Gasteiger partial charge in [0, 0.05) is 10.9 Å². The maximum Gasteiger partial charge on any atom is 0.306 e. The predicted molar refractivity (Wildman–Crippen MR) is 82.6 cm³/mol. The van der Waals surface area contributed by atoms with Gasteiger partial charge >= 0.3 is 5.97 Å². The van der Waals surface area contributed by atoms with Gasteiger partial charge in [0.15, 0.2) is 0 Å². The molecule has 0 aliphatic carbocycles. The molecule has 0 heterocycles. The molecule has 1 aromatic carbocycles. The molecule has 0 aromatic heterocycles. The molecule has 1 amide bonds. The number of halogens is 1. The van der Waals surface area contributed by atoms with Gasteiger partial charge in [-0.25, -0.2) is 0 Å². The van der Waals surface area contributed by atoms with Crippen molar-refractivity contribution in [3.63, 3.8) is 0 Å². The van der Waals surface area contributed by atoms with Crippen LogP contribution in [0.4, 0.5) is 5.69 Å². The monoisotopic (exact) mass is 352 g/mol. The molecule has 0 aliphatic rings. The van der Waals surface area contributed by atoms with Gasteiger partial charge in [-0.05, 0) is 39.0 Å². The zero-order valence-corrected chi connectivity index (χ0v) is 13.8. The topological polar surface area (TPSA) is 79.2 Å². The van der Waals surface area contributed by atoms with Gasteiger partial charge in [-0.15, -0.1) is 0 Å². The highest BCUT2D eigenvalue weighted by molar-refractivity contribution is 9.10. The van der Waals surface area contributed by atoms with Crippen LogP contribution in [-0.2, 0) is 14.3 Å². The second-order valence-corrected chi connectivity index (χ2v) is 6.35. The summed E-state index contributed by atoms with van der Waals surface area (Å²) in [6.45, 7) is 5.31. The Morgan fingerprint density at radius 1 is 1.33 bits per heavy atom. The third-order valence-electron chi connectivity index (χ3n) is 2.35. The molecular weight excluding hydrogens is 336 g/mol. The number of nitrogens with zero attached hydrogens (tertiary/aromatic N) is 1. The van der Waals surface area contributed by atoms with E-state index in [2.05, 4.69) is 21.2 Å². The first kappa shape index (κ1) is 17.2. The second kappa shape index (κ2) is 7.23. The normalized spacial score (nSPS) is 10.6. The minimum absolute atomic E-state index is 0.00151. The smallest absolute Gasteiger partial charge is 0.306 e. The molecule has 0 saturated carbocycles. The summed E-state index contributed by atoms with van der Waals surface area (Å²) in [6, 6.07) is 6.98. The van der Waals surface area contributed by atoms with Gasteiger partial charge in [0.2, 0.25) is 5.91 Å². The number of nitrogens with one attached hydrogen (secondary N) is 1. The molecule has 0 spiro atoms. The number of hydrogen-bond donors (Lipinski definition) is 1. The fourth-order valence-electron chi connectivity index (χ4n) is 1.54. The molecule has 0 unspecified atom stereocenters. The van der Waals surface area contributed by atoms with Gasteiger partial charge in [0.1, 0.15) is 11.7 Å². The number of amides is 1. The summed E-state index contributed by atoms with van der Waals surface area (Å²) in [6.07, 6.45) is 0.0113. The van der Waals surface area contributed by atoms with Crippen LogP contribution in [0.3, 0.4) is 0 Å². The van der Waals surface area contributed by atoms with Crippen molar-refractivity contribution in [1.82, 2.24) is 0 Å². The summed E-state index contributed by atoms with van der Waals surface area (Å²) < 4.78 is 5.88. The minimum Gasteiger partial charge on any atom is -0.460 e. The Bertz CT molecular complexity index is 586. The molecular formula is C15H17BrN2O3. The molecule has 1 rings (SSSR count). The van der Waals surface area contributed by atoms with E-state index < -0.39 is 11.6 Å². The Labute approximate surface area is 132 Å². The average molecular weight is 353 g/mol. The minimum atomic E-state index is -0.562. The number of hydrogen-bond acceptors (Lipinski definition) is 4. The van der Waals surface area contributed by atoms with E-state index in [1.807, 2.05) is 6.07 Å². The summed E-state index contributed by atoms with van der Waals surface area (Å²) in [5.41, 5.74) is 0.220. The zero-order valence-electron chi connectivity index (χ0n) is 12.2. The molecule has 0 aliphatic heterocycles. The Kier molecular flexibility index (Phi) is 5.91. The van der Waals surface area contributed by atoms with Gasteiger partial charge in [-0.3, -0.25) is 9.59 Å². The lowest BCUT2D eigenvalue weighted by Crippen LogP contribution is -2.24. The van der Waals surface area contributed by atoms with Crippen LogP contribution in [0.25, 0.3) is 0 Å². The average Bonchev–Trinajstić information content (AvgIpc) is 2.36. The Hall–Kier alpha value is -1.87. The standard InChI is InChI=1S/C15H17BrN2O3/c1-15(2,3)21-14(20)7-6-13(19)18-12-5-4-11(16)8-10(12)9-17/h4-5,8H,6-7H2,1-3H3,(H,18,19). The number of nitriles is 1. The van der Waals surface area contributed by atoms with E-state index in [9.17, 15) is 9.59 Å². The van der Waals surface area contributed by atoms with E-state index in [0.717, 1.165) is 4.47 Å². The van der Waals surface area contributed by atoms with Crippen LogP contribution >= 0.6 is 15.9 Å². The number of ether oxygens (including phenoxy) is 1. The van der Waals surface area contributed by atoms with Gasteiger partial charge < -0.3 is 10.1 Å². The Morgan fingerprint density at radius 3 is 2.57 bits per heavy atom. The predicted octanol–water partition coefficient (Wildman–Crippen LogP) is 3.38. The van der Waals surface area contributed by atoms with Crippen molar-refractivity contribution in [1.29, 1.82) is 5.26 Å². The molecule has 0 radical (unpaired) electrons.